The number of fused-ring (bicyclic) bond motifs is 7. The summed E-state index contributed by atoms with van der Waals surface area (Å²) in [5, 5.41) is 83.0. The van der Waals surface area contributed by atoms with Crippen LogP contribution in [0.15, 0.2) is 11.6 Å². The van der Waals surface area contributed by atoms with Crippen molar-refractivity contribution in [1.29, 1.82) is 0 Å². The molecule has 0 spiro atoms. The van der Waals surface area contributed by atoms with Crippen molar-refractivity contribution >= 4 is 23.7 Å². The molecule has 326 valence electrons. The van der Waals surface area contributed by atoms with Gasteiger partial charge in [-0.05, 0) is 110 Å². The molecule has 7 aliphatic rings. The van der Waals surface area contributed by atoms with E-state index < -0.39 is 107 Å². The van der Waals surface area contributed by atoms with Gasteiger partial charge in [0.1, 0.15) is 36.6 Å². The van der Waals surface area contributed by atoms with Gasteiger partial charge < -0.3 is 59.8 Å². The summed E-state index contributed by atoms with van der Waals surface area (Å²) >= 11 is 0. The van der Waals surface area contributed by atoms with E-state index in [1.54, 1.807) is 0 Å². The average molecular weight is 823 g/mol. The number of aliphatic carboxylic acids is 3. The maximum Gasteiger partial charge on any atom is 0.335 e. The fraction of sp³-hybridized carbons (Fsp3) is 0.857. The highest BCUT2D eigenvalue weighted by atomic mass is 16.8. The molecule has 0 radical (unpaired) electrons. The van der Waals surface area contributed by atoms with Gasteiger partial charge in [-0.2, -0.15) is 0 Å². The van der Waals surface area contributed by atoms with Gasteiger partial charge in [0.25, 0.3) is 0 Å². The molecule has 2 heterocycles. The minimum absolute atomic E-state index is 0.0217. The van der Waals surface area contributed by atoms with E-state index in [1.807, 2.05) is 26.8 Å². The number of hydrogen-bond donors (Lipinski definition) is 8. The maximum absolute atomic E-state index is 14.8. The van der Waals surface area contributed by atoms with Crippen molar-refractivity contribution < 1.29 is 79.0 Å². The van der Waals surface area contributed by atoms with E-state index in [9.17, 15) is 60.0 Å². The fourth-order valence-corrected chi connectivity index (χ4v) is 13.4. The van der Waals surface area contributed by atoms with Crippen LogP contribution in [0, 0.1) is 50.2 Å². The van der Waals surface area contributed by atoms with E-state index in [0.29, 0.717) is 25.7 Å². The van der Waals surface area contributed by atoms with E-state index in [0.717, 1.165) is 37.7 Å². The molecule has 8 N–H and O–H groups in total. The Kier molecular flexibility index (Phi) is 10.7. The highest BCUT2D eigenvalue weighted by molar-refractivity contribution is 5.95. The van der Waals surface area contributed by atoms with Crippen LogP contribution in [0.4, 0.5) is 0 Å². The van der Waals surface area contributed by atoms with Gasteiger partial charge in [-0.25, -0.2) is 9.59 Å². The second-order valence-electron chi connectivity index (χ2n) is 20.6. The van der Waals surface area contributed by atoms with Crippen molar-refractivity contribution in [3.05, 3.63) is 11.6 Å². The lowest BCUT2D eigenvalue weighted by Gasteiger charge is -2.70. The molecule has 6 fully saturated rings. The minimum Gasteiger partial charge on any atom is -0.481 e. The number of carbonyl (C=O) groups excluding carboxylic acids is 1. The highest BCUT2D eigenvalue weighted by Gasteiger charge is 2.71. The quantitative estimate of drug-likeness (QED) is 0.171. The van der Waals surface area contributed by atoms with E-state index in [4.69, 9.17) is 18.9 Å². The molecule has 0 amide bonds. The summed E-state index contributed by atoms with van der Waals surface area (Å²) in [6, 6.07) is 0. The highest BCUT2D eigenvalue weighted by Crippen LogP contribution is 2.75. The van der Waals surface area contributed by atoms with Crippen LogP contribution < -0.4 is 0 Å². The third-order valence-corrected chi connectivity index (χ3v) is 17.2. The average Bonchev–Trinajstić information content (AvgIpc) is 3.13. The topological polar surface area (TPSA) is 267 Å². The number of hydrogen-bond acceptors (Lipinski definition) is 13. The zero-order chi connectivity index (χ0) is 42.9. The lowest BCUT2D eigenvalue weighted by atomic mass is 9.33. The second-order valence-corrected chi connectivity index (χ2v) is 20.6. The first-order valence-corrected chi connectivity index (χ1v) is 20.7. The molecule has 58 heavy (non-hydrogen) atoms. The Bertz CT molecular complexity index is 1730. The third kappa shape index (κ3) is 6.25. The molecule has 4 saturated carbocycles. The Morgan fingerprint density at radius 1 is 0.690 bits per heavy atom. The summed E-state index contributed by atoms with van der Waals surface area (Å²) in [5.74, 6) is -4.47. The molecule has 0 aromatic rings. The zero-order valence-electron chi connectivity index (χ0n) is 34.4. The third-order valence-electron chi connectivity index (χ3n) is 17.2. The van der Waals surface area contributed by atoms with Crippen molar-refractivity contribution in [2.75, 3.05) is 0 Å². The molecule has 6 unspecified atom stereocenters. The number of ether oxygens (including phenoxy) is 4. The number of carboxylic acid groups (broad SMARTS) is 3. The summed E-state index contributed by atoms with van der Waals surface area (Å²) in [4.78, 5) is 51.3. The number of ketones is 1. The largest absolute Gasteiger partial charge is 0.481 e. The molecular formula is C42H62O16. The number of carbonyl (C=O) groups is 4. The minimum atomic E-state index is -2.05. The van der Waals surface area contributed by atoms with Crippen molar-refractivity contribution in [1.82, 2.24) is 0 Å². The Morgan fingerprint density at radius 2 is 1.28 bits per heavy atom. The van der Waals surface area contributed by atoms with Crippen LogP contribution in [0.25, 0.3) is 0 Å². The van der Waals surface area contributed by atoms with E-state index >= 15 is 0 Å². The summed E-state index contributed by atoms with van der Waals surface area (Å²) < 4.78 is 23.4. The van der Waals surface area contributed by atoms with Crippen molar-refractivity contribution in [3.8, 4) is 0 Å². The van der Waals surface area contributed by atoms with Gasteiger partial charge in [-0.3, -0.25) is 9.59 Å². The number of allylic oxidation sites excluding steroid dienone is 2. The monoisotopic (exact) mass is 822 g/mol. The number of rotatable bonds is 7. The molecule has 16 heteroatoms. The molecule has 0 bridgehead atoms. The molecule has 0 aromatic carbocycles. The standard InChI is InChI=1S/C42H62O16/c1-37(2)21-8-11-42(7)31(20(43)16-18-19-17-39(4,36(53)54)13-12-38(19,3)14-15-41(18,42)6)40(21,5)10-9-22(37)55-35-30(26(47)25(46)29(57-35)33(51)52)58-34-27(48)23(44)24(45)28(56-34)32(49)50/h16,19,21-31,34-35,44-48H,8-15,17H2,1-7H3,(H,49,50)(H,51,52)(H,53,54)/t19-,21-,22-,23-,24-,25-,26-,27?,28?,29?,30?,31+,34?,35?,38+,39-,40-,41+,42+/m0/s1. The van der Waals surface area contributed by atoms with Crippen molar-refractivity contribution in [2.24, 2.45) is 50.2 Å². The van der Waals surface area contributed by atoms with Crippen molar-refractivity contribution in [3.63, 3.8) is 0 Å². The fourth-order valence-electron chi connectivity index (χ4n) is 13.4. The predicted molar refractivity (Wildman–Crippen MR) is 199 cm³/mol. The van der Waals surface area contributed by atoms with Crippen LogP contribution in [-0.4, -0.2) is 132 Å². The Hall–Kier alpha value is -2.54. The first kappa shape index (κ1) is 43.5. The Balaban J connectivity index is 1.17. The van der Waals surface area contributed by atoms with Gasteiger partial charge in [0.05, 0.1) is 11.5 Å². The molecule has 0 aromatic heterocycles. The van der Waals surface area contributed by atoms with E-state index in [2.05, 4.69) is 27.7 Å². The van der Waals surface area contributed by atoms with Gasteiger partial charge in [0.2, 0.25) is 0 Å². The smallest absolute Gasteiger partial charge is 0.335 e. The van der Waals surface area contributed by atoms with E-state index in [1.165, 1.54) is 0 Å². The van der Waals surface area contributed by atoms with E-state index in [-0.39, 0.29) is 34.4 Å². The van der Waals surface area contributed by atoms with Gasteiger partial charge in [-0.15, -0.1) is 0 Å². The lowest BCUT2D eigenvalue weighted by molar-refractivity contribution is -0.371. The molecular weight excluding hydrogens is 760 g/mol. The molecule has 2 saturated heterocycles. The second kappa shape index (κ2) is 14.3. The van der Waals surface area contributed by atoms with Gasteiger partial charge in [0.15, 0.2) is 30.6 Å². The molecule has 19 atom stereocenters. The summed E-state index contributed by atoms with van der Waals surface area (Å²) in [6.07, 6.45) is -12.2. The van der Waals surface area contributed by atoms with Crippen LogP contribution in [0.1, 0.15) is 106 Å². The van der Waals surface area contributed by atoms with Gasteiger partial charge in [0, 0.05) is 5.92 Å². The van der Waals surface area contributed by atoms with Crippen LogP contribution in [-0.2, 0) is 38.1 Å². The summed E-state index contributed by atoms with van der Waals surface area (Å²) in [6.45, 7) is 14.8. The SMILES string of the molecule is CC1(C)[C@@H](OC2OC(C(=O)O)[C@@H](O)[C@H](O)C2OC2OC(C(=O)O)[C@@H](O)[C@H](O)C2O)CC[C@]2(C)[C@H]3C(=O)C=C4[C@@H]5C[C@@](C)(C(=O)O)CC[C@]5(C)CC[C@@]4(C)[C@]3(C)CC[C@@H]12. The number of aliphatic hydroxyl groups is 5. The maximum atomic E-state index is 14.8. The summed E-state index contributed by atoms with van der Waals surface area (Å²) in [7, 11) is 0. The summed E-state index contributed by atoms with van der Waals surface area (Å²) in [5.41, 5.74) is -1.81. The van der Waals surface area contributed by atoms with Crippen LogP contribution >= 0.6 is 0 Å². The normalized spacial score (nSPS) is 52.6. The van der Waals surface area contributed by atoms with Crippen LogP contribution in [0.5, 0.6) is 0 Å². The van der Waals surface area contributed by atoms with Crippen LogP contribution in [0.3, 0.4) is 0 Å². The first-order valence-electron chi connectivity index (χ1n) is 20.7. The van der Waals surface area contributed by atoms with Crippen molar-refractivity contribution in [2.45, 2.75) is 174 Å². The molecule has 5 aliphatic carbocycles. The molecule has 16 nitrogen and oxygen atoms in total. The number of aliphatic hydroxyl groups excluding tert-OH is 5. The Labute approximate surface area is 337 Å². The van der Waals surface area contributed by atoms with Gasteiger partial charge >= 0.3 is 17.9 Å². The molecule has 7 rings (SSSR count). The Morgan fingerprint density at radius 3 is 1.88 bits per heavy atom. The lowest BCUT2D eigenvalue weighted by Crippen LogP contribution is -2.68. The number of carboxylic acids is 3. The van der Waals surface area contributed by atoms with Gasteiger partial charge in [-0.1, -0.05) is 47.1 Å². The van der Waals surface area contributed by atoms with Crippen LogP contribution in [0.2, 0.25) is 0 Å². The predicted octanol–water partition coefficient (Wildman–Crippen LogP) is 2.25. The first-order chi connectivity index (χ1) is 26.8. The molecule has 2 aliphatic heterocycles. The zero-order valence-corrected chi connectivity index (χ0v) is 34.4.